The Balaban J connectivity index is 2.04. The Hall–Kier alpha value is -2.82. The smallest absolute Gasteiger partial charge is 0.303 e. The first-order valence-corrected chi connectivity index (χ1v) is 7.79. The number of nitrogens with one attached hydrogen (secondary N) is 1. The summed E-state index contributed by atoms with van der Waals surface area (Å²) in [5.41, 5.74) is 1.58. The van der Waals surface area contributed by atoms with Crippen LogP contribution in [0.3, 0.4) is 0 Å². The Morgan fingerprint density at radius 3 is 2.33 bits per heavy atom. The molecule has 1 atom stereocenters. The van der Waals surface area contributed by atoms with E-state index in [4.69, 9.17) is 9.84 Å². The monoisotopic (exact) mass is 327 g/mol. The number of carbonyl (C=O) groups excluding carboxylic acids is 1. The first-order valence-electron chi connectivity index (χ1n) is 7.79. The Morgan fingerprint density at radius 1 is 1.08 bits per heavy atom. The molecule has 0 aliphatic carbocycles. The van der Waals surface area contributed by atoms with E-state index in [1.165, 1.54) is 0 Å². The van der Waals surface area contributed by atoms with Crippen molar-refractivity contribution in [2.45, 2.75) is 25.3 Å². The van der Waals surface area contributed by atoms with E-state index in [-0.39, 0.29) is 18.4 Å². The maximum absolute atomic E-state index is 12.4. The van der Waals surface area contributed by atoms with Crippen LogP contribution in [0.4, 0.5) is 0 Å². The number of aliphatic carboxylic acids is 1. The molecule has 0 aromatic heterocycles. The minimum atomic E-state index is -0.869. The molecular formula is C19H21NO4. The van der Waals surface area contributed by atoms with E-state index in [2.05, 4.69) is 5.32 Å². The van der Waals surface area contributed by atoms with Gasteiger partial charge in [0, 0.05) is 18.0 Å². The van der Waals surface area contributed by atoms with Gasteiger partial charge in [-0.2, -0.15) is 0 Å². The number of hydrogen-bond donors (Lipinski definition) is 2. The van der Waals surface area contributed by atoms with E-state index >= 15 is 0 Å². The van der Waals surface area contributed by atoms with Crippen molar-refractivity contribution < 1.29 is 19.4 Å². The maximum atomic E-state index is 12.4. The minimum absolute atomic E-state index is 0.0143. The maximum Gasteiger partial charge on any atom is 0.303 e. The predicted molar refractivity (Wildman–Crippen MR) is 91.3 cm³/mol. The van der Waals surface area contributed by atoms with Gasteiger partial charge in [0.25, 0.3) is 5.91 Å². The Labute approximate surface area is 141 Å². The SMILES string of the molecule is COc1ccc(C(=O)NC(CCC(=O)O)Cc2ccccc2)cc1. The number of ether oxygens (including phenoxy) is 1. The number of hydrogen-bond acceptors (Lipinski definition) is 3. The Morgan fingerprint density at radius 2 is 1.75 bits per heavy atom. The third-order valence-corrected chi connectivity index (χ3v) is 3.72. The summed E-state index contributed by atoms with van der Waals surface area (Å²) >= 11 is 0. The number of carboxylic acid groups (broad SMARTS) is 1. The van der Waals surface area contributed by atoms with Crippen LogP contribution in [0.5, 0.6) is 5.75 Å². The van der Waals surface area contributed by atoms with Crippen LogP contribution in [0.25, 0.3) is 0 Å². The molecule has 2 rings (SSSR count). The van der Waals surface area contributed by atoms with Crippen LogP contribution in [0.15, 0.2) is 54.6 Å². The summed E-state index contributed by atoms with van der Waals surface area (Å²) in [7, 11) is 1.57. The summed E-state index contributed by atoms with van der Waals surface area (Å²) in [6, 6.07) is 16.3. The molecule has 0 bridgehead atoms. The summed E-state index contributed by atoms with van der Waals surface area (Å²) in [6.45, 7) is 0. The summed E-state index contributed by atoms with van der Waals surface area (Å²) in [5, 5.41) is 11.8. The van der Waals surface area contributed by atoms with E-state index in [0.717, 1.165) is 5.56 Å². The van der Waals surface area contributed by atoms with Gasteiger partial charge in [0.15, 0.2) is 0 Å². The van der Waals surface area contributed by atoms with Crippen molar-refractivity contribution in [3.05, 3.63) is 65.7 Å². The zero-order valence-electron chi connectivity index (χ0n) is 13.6. The van der Waals surface area contributed by atoms with Gasteiger partial charge in [-0.25, -0.2) is 0 Å². The summed E-state index contributed by atoms with van der Waals surface area (Å²) in [4.78, 5) is 23.2. The van der Waals surface area contributed by atoms with Crippen molar-refractivity contribution in [2.75, 3.05) is 7.11 Å². The highest BCUT2D eigenvalue weighted by atomic mass is 16.5. The molecule has 0 fully saturated rings. The van der Waals surface area contributed by atoms with Crippen LogP contribution in [0.1, 0.15) is 28.8 Å². The lowest BCUT2D eigenvalue weighted by molar-refractivity contribution is -0.137. The average Bonchev–Trinajstić information content (AvgIpc) is 2.60. The zero-order valence-corrected chi connectivity index (χ0v) is 13.6. The molecule has 0 heterocycles. The Kier molecular flexibility index (Phi) is 6.37. The van der Waals surface area contributed by atoms with Gasteiger partial charge in [-0.05, 0) is 42.7 Å². The van der Waals surface area contributed by atoms with E-state index in [1.54, 1.807) is 31.4 Å². The largest absolute Gasteiger partial charge is 0.497 e. The number of rotatable bonds is 8. The third-order valence-electron chi connectivity index (χ3n) is 3.72. The lowest BCUT2D eigenvalue weighted by Crippen LogP contribution is -2.36. The van der Waals surface area contributed by atoms with Crippen LogP contribution in [-0.2, 0) is 11.2 Å². The Bertz CT molecular complexity index is 668. The zero-order chi connectivity index (χ0) is 17.4. The molecule has 0 saturated carbocycles. The molecule has 5 nitrogen and oxygen atoms in total. The molecule has 1 unspecified atom stereocenters. The van der Waals surface area contributed by atoms with Gasteiger partial charge in [0.05, 0.1) is 7.11 Å². The average molecular weight is 327 g/mol. The number of benzene rings is 2. The molecule has 0 saturated heterocycles. The van der Waals surface area contributed by atoms with Gasteiger partial charge in [0.1, 0.15) is 5.75 Å². The topological polar surface area (TPSA) is 75.6 Å². The van der Waals surface area contributed by atoms with Gasteiger partial charge >= 0.3 is 5.97 Å². The predicted octanol–water partition coefficient (Wildman–Crippen LogP) is 2.90. The molecule has 2 aromatic carbocycles. The molecule has 126 valence electrons. The molecule has 0 spiro atoms. The fourth-order valence-electron chi connectivity index (χ4n) is 2.43. The van der Waals surface area contributed by atoms with Crippen LogP contribution in [0.2, 0.25) is 0 Å². The highest BCUT2D eigenvalue weighted by Crippen LogP contribution is 2.13. The van der Waals surface area contributed by atoms with Gasteiger partial charge in [-0.1, -0.05) is 30.3 Å². The van der Waals surface area contributed by atoms with Gasteiger partial charge in [0.2, 0.25) is 0 Å². The number of amides is 1. The van der Waals surface area contributed by atoms with Crippen LogP contribution >= 0.6 is 0 Å². The van der Waals surface area contributed by atoms with Gasteiger partial charge in [-0.3, -0.25) is 9.59 Å². The summed E-state index contributed by atoms with van der Waals surface area (Å²) in [6.07, 6.45) is 0.989. The molecule has 2 aromatic rings. The van der Waals surface area contributed by atoms with Crippen molar-refractivity contribution >= 4 is 11.9 Å². The number of carbonyl (C=O) groups is 2. The van der Waals surface area contributed by atoms with E-state index < -0.39 is 5.97 Å². The lowest BCUT2D eigenvalue weighted by Gasteiger charge is -2.18. The van der Waals surface area contributed by atoms with E-state index in [9.17, 15) is 9.59 Å². The quantitative estimate of drug-likeness (QED) is 0.782. The standard InChI is InChI=1S/C19H21NO4/c1-24-17-10-7-15(8-11-17)19(23)20-16(9-12-18(21)22)13-14-5-3-2-4-6-14/h2-8,10-11,16H,9,12-13H2,1H3,(H,20,23)(H,21,22). The third kappa shape index (κ3) is 5.43. The van der Waals surface area contributed by atoms with Gasteiger partial charge in [-0.15, -0.1) is 0 Å². The molecule has 2 N–H and O–H groups in total. The summed E-state index contributed by atoms with van der Waals surface area (Å²) in [5.74, 6) is -0.408. The molecule has 0 aliphatic rings. The highest BCUT2D eigenvalue weighted by molar-refractivity contribution is 5.94. The van der Waals surface area contributed by atoms with E-state index in [1.807, 2.05) is 30.3 Å². The second kappa shape index (κ2) is 8.72. The van der Waals surface area contributed by atoms with Gasteiger partial charge < -0.3 is 15.2 Å². The molecular weight excluding hydrogens is 306 g/mol. The molecule has 0 aliphatic heterocycles. The van der Waals surface area contributed by atoms with Crippen LogP contribution in [0, 0.1) is 0 Å². The number of carboxylic acids is 1. The van der Waals surface area contributed by atoms with Crippen molar-refractivity contribution in [1.29, 1.82) is 0 Å². The normalized spacial score (nSPS) is 11.5. The second-order valence-electron chi connectivity index (χ2n) is 5.52. The lowest BCUT2D eigenvalue weighted by atomic mass is 10.0. The second-order valence-corrected chi connectivity index (χ2v) is 5.52. The fraction of sp³-hybridized carbons (Fsp3) is 0.263. The van der Waals surface area contributed by atoms with Crippen molar-refractivity contribution in [3.63, 3.8) is 0 Å². The van der Waals surface area contributed by atoms with Crippen LogP contribution < -0.4 is 10.1 Å². The molecule has 0 radical (unpaired) electrons. The first-order chi connectivity index (χ1) is 11.6. The van der Waals surface area contributed by atoms with Crippen LogP contribution in [-0.4, -0.2) is 30.1 Å². The molecule has 5 heteroatoms. The molecule has 1 amide bonds. The van der Waals surface area contributed by atoms with Crippen molar-refractivity contribution in [1.82, 2.24) is 5.32 Å². The minimum Gasteiger partial charge on any atom is -0.497 e. The van der Waals surface area contributed by atoms with E-state index in [0.29, 0.717) is 24.2 Å². The number of methoxy groups -OCH3 is 1. The fourth-order valence-corrected chi connectivity index (χ4v) is 2.43. The van der Waals surface area contributed by atoms with Crippen molar-refractivity contribution in [2.24, 2.45) is 0 Å². The first kappa shape index (κ1) is 17.5. The summed E-state index contributed by atoms with van der Waals surface area (Å²) < 4.78 is 5.08. The highest BCUT2D eigenvalue weighted by Gasteiger charge is 2.16. The van der Waals surface area contributed by atoms with Crippen molar-refractivity contribution in [3.8, 4) is 5.75 Å². The molecule has 24 heavy (non-hydrogen) atoms.